The maximum absolute atomic E-state index is 12.1. The first-order valence-electron chi connectivity index (χ1n) is 6.01. The van der Waals surface area contributed by atoms with Crippen LogP contribution in [0.25, 0.3) is 0 Å². The number of amides is 1. The smallest absolute Gasteiger partial charge is 0.258 e. The first kappa shape index (κ1) is 13.2. The van der Waals surface area contributed by atoms with Crippen molar-refractivity contribution in [2.75, 3.05) is 7.11 Å². The third kappa shape index (κ3) is 3.15. The zero-order chi connectivity index (χ0) is 13.8. The lowest BCUT2D eigenvalue weighted by atomic mass is 10.2. The highest BCUT2D eigenvalue weighted by molar-refractivity contribution is 5.96. The molecule has 0 aliphatic carbocycles. The van der Waals surface area contributed by atoms with Gasteiger partial charge in [0, 0.05) is 25.7 Å². The van der Waals surface area contributed by atoms with Crippen molar-refractivity contribution in [1.82, 2.24) is 15.1 Å². The van der Waals surface area contributed by atoms with Crippen molar-refractivity contribution in [3.63, 3.8) is 0 Å². The lowest BCUT2D eigenvalue weighted by molar-refractivity contribution is 0.0936. The molecule has 0 aromatic carbocycles. The fraction of sp³-hybridized carbons (Fsp3) is 0.385. The van der Waals surface area contributed by atoms with Gasteiger partial charge < -0.3 is 14.5 Å². The van der Waals surface area contributed by atoms with Gasteiger partial charge in [-0.15, -0.1) is 5.10 Å². The Morgan fingerprint density at radius 2 is 2.42 bits per heavy atom. The number of nitrogens with one attached hydrogen (secondary N) is 1. The molecule has 0 radical (unpaired) electrons. The molecular formula is C13H17N3O3. The Morgan fingerprint density at radius 1 is 1.63 bits per heavy atom. The highest BCUT2D eigenvalue weighted by Gasteiger charge is 2.18. The highest BCUT2D eigenvalue weighted by atomic mass is 16.5. The van der Waals surface area contributed by atoms with Crippen LogP contribution in [0.3, 0.4) is 0 Å². The Bertz CT molecular complexity index is 545. The zero-order valence-electron chi connectivity index (χ0n) is 11.2. The van der Waals surface area contributed by atoms with Crippen LogP contribution < -0.4 is 10.1 Å². The summed E-state index contributed by atoms with van der Waals surface area (Å²) in [5, 5.41) is 6.94. The number of nitrogens with zero attached hydrogens (tertiary/aromatic N) is 2. The maximum atomic E-state index is 12.1. The summed E-state index contributed by atoms with van der Waals surface area (Å²) in [7, 11) is 3.23. The van der Waals surface area contributed by atoms with E-state index in [1.54, 1.807) is 24.2 Å². The number of carbonyl (C=O) groups is 1. The molecule has 0 bridgehead atoms. The number of hydrogen-bond acceptors (Lipinski definition) is 4. The minimum Gasteiger partial charge on any atom is -0.479 e. The van der Waals surface area contributed by atoms with E-state index in [9.17, 15) is 4.79 Å². The number of carbonyl (C=O) groups excluding carboxylic acids is 1. The summed E-state index contributed by atoms with van der Waals surface area (Å²) in [5.41, 5.74) is 0.427. The summed E-state index contributed by atoms with van der Waals surface area (Å²) in [6, 6.07) is 3.67. The number of aryl methyl sites for hydroxylation is 1. The van der Waals surface area contributed by atoms with Gasteiger partial charge in [0.25, 0.3) is 5.91 Å². The van der Waals surface area contributed by atoms with Crippen molar-refractivity contribution >= 4 is 5.91 Å². The second-order valence-corrected chi connectivity index (χ2v) is 4.38. The molecule has 1 unspecified atom stereocenters. The van der Waals surface area contributed by atoms with Crippen LogP contribution in [0.4, 0.5) is 0 Å². The number of furan rings is 1. The minimum absolute atomic E-state index is 0.0384. The molecule has 0 saturated carbocycles. The van der Waals surface area contributed by atoms with E-state index >= 15 is 0 Å². The molecule has 2 rings (SSSR count). The molecule has 2 heterocycles. The van der Waals surface area contributed by atoms with E-state index in [0.717, 1.165) is 5.76 Å². The van der Waals surface area contributed by atoms with Crippen molar-refractivity contribution in [1.29, 1.82) is 0 Å². The molecule has 0 aliphatic rings. The van der Waals surface area contributed by atoms with Gasteiger partial charge in [-0.3, -0.25) is 9.48 Å². The van der Waals surface area contributed by atoms with Gasteiger partial charge in [0.05, 0.1) is 13.4 Å². The van der Waals surface area contributed by atoms with E-state index in [1.165, 1.54) is 7.11 Å². The predicted molar refractivity (Wildman–Crippen MR) is 69.1 cm³/mol. The van der Waals surface area contributed by atoms with Gasteiger partial charge in [0.1, 0.15) is 11.3 Å². The first-order valence-corrected chi connectivity index (χ1v) is 6.01. The zero-order valence-corrected chi connectivity index (χ0v) is 11.2. The lowest BCUT2D eigenvalue weighted by Crippen LogP contribution is -2.34. The molecule has 102 valence electrons. The second-order valence-electron chi connectivity index (χ2n) is 4.38. The monoisotopic (exact) mass is 263 g/mol. The van der Waals surface area contributed by atoms with Crippen LogP contribution in [0.2, 0.25) is 0 Å². The van der Waals surface area contributed by atoms with Crippen molar-refractivity contribution in [2.24, 2.45) is 7.05 Å². The highest BCUT2D eigenvalue weighted by Crippen LogP contribution is 2.15. The van der Waals surface area contributed by atoms with Crippen molar-refractivity contribution in [3.05, 3.63) is 35.9 Å². The number of rotatable bonds is 5. The fourth-order valence-corrected chi connectivity index (χ4v) is 1.86. The predicted octanol–water partition coefficient (Wildman–Crippen LogP) is 1.38. The normalized spacial score (nSPS) is 12.2. The molecule has 0 aliphatic heterocycles. The largest absolute Gasteiger partial charge is 0.479 e. The minimum atomic E-state index is -0.205. The molecule has 0 spiro atoms. The van der Waals surface area contributed by atoms with Gasteiger partial charge in [-0.05, 0) is 19.1 Å². The molecule has 2 aromatic heterocycles. The van der Waals surface area contributed by atoms with Gasteiger partial charge in [-0.25, -0.2) is 0 Å². The van der Waals surface area contributed by atoms with E-state index in [-0.39, 0.29) is 11.9 Å². The molecule has 6 nitrogen and oxygen atoms in total. The Labute approximate surface area is 111 Å². The number of methoxy groups -OCH3 is 1. The molecule has 19 heavy (non-hydrogen) atoms. The second kappa shape index (κ2) is 5.60. The van der Waals surface area contributed by atoms with Crippen LogP contribution in [0.5, 0.6) is 5.88 Å². The molecule has 2 aromatic rings. The molecule has 1 N–H and O–H groups in total. The van der Waals surface area contributed by atoms with E-state index in [4.69, 9.17) is 9.15 Å². The van der Waals surface area contributed by atoms with E-state index in [0.29, 0.717) is 17.9 Å². The Hall–Kier alpha value is -2.24. The lowest BCUT2D eigenvalue weighted by Gasteiger charge is -2.12. The quantitative estimate of drug-likeness (QED) is 0.885. The Morgan fingerprint density at radius 3 is 3.05 bits per heavy atom. The molecule has 6 heteroatoms. The average molecular weight is 263 g/mol. The van der Waals surface area contributed by atoms with Gasteiger partial charge in [-0.1, -0.05) is 0 Å². The number of aromatic nitrogens is 2. The molecule has 0 fully saturated rings. The van der Waals surface area contributed by atoms with Crippen molar-refractivity contribution < 1.29 is 13.9 Å². The fourth-order valence-electron chi connectivity index (χ4n) is 1.86. The van der Waals surface area contributed by atoms with Crippen LogP contribution in [0.1, 0.15) is 23.0 Å². The van der Waals surface area contributed by atoms with Crippen LogP contribution in [0, 0.1) is 0 Å². The standard InChI is InChI=1S/C13H17N3O3/c1-9(7-10-5-4-6-19-10)14-12(17)11-8-16(2)15-13(11)18-3/h4-6,8-9H,7H2,1-3H3,(H,14,17). The summed E-state index contributed by atoms with van der Waals surface area (Å²) in [4.78, 5) is 12.1. The summed E-state index contributed by atoms with van der Waals surface area (Å²) >= 11 is 0. The van der Waals surface area contributed by atoms with Gasteiger partial charge in [-0.2, -0.15) is 0 Å². The SMILES string of the molecule is COc1nn(C)cc1C(=O)NC(C)Cc1ccco1. The van der Waals surface area contributed by atoms with Gasteiger partial charge in [0.15, 0.2) is 0 Å². The van der Waals surface area contributed by atoms with Crippen LogP contribution in [-0.2, 0) is 13.5 Å². The third-order valence-corrected chi connectivity index (χ3v) is 2.70. The molecule has 1 amide bonds. The summed E-state index contributed by atoms with van der Waals surface area (Å²) in [6.07, 6.45) is 3.89. The first-order chi connectivity index (χ1) is 9.10. The number of hydrogen-bond donors (Lipinski definition) is 1. The van der Waals surface area contributed by atoms with Crippen molar-refractivity contribution in [2.45, 2.75) is 19.4 Å². The summed E-state index contributed by atoms with van der Waals surface area (Å²) in [5.74, 6) is 0.958. The number of ether oxygens (including phenoxy) is 1. The van der Waals surface area contributed by atoms with E-state index < -0.39 is 0 Å². The maximum Gasteiger partial charge on any atom is 0.258 e. The average Bonchev–Trinajstić information content (AvgIpc) is 2.97. The van der Waals surface area contributed by atoms with Crippen LogP contribution in [-0.4, -0.2) is 28.8 Å². The van der Waals surface area contributed by atoms with Gasteiger partial charge >= 0.3 is 0 Å². The van der Waals surface area contributed by atoms with Crippen molar-refractivity contribution in [3.8, 4) is 5.88 Å². The Kier molecular flexibility index (Phi) is 3.89. The topological polar surface area (TPSA) is 69.3 Å². The summed E-state index contributed by atoms with van der Waals surface area (Å²) < 4.78 is 11.9. The van der Waals surface area contributed by atoms with E-state index in [1.807, 2.05) is 19.1 Å². The van der Waals surface area contributed by atoms with Crippen LogP contribution in [0.15, 0.2) is 29.0 Å². The summed E-state index contributed by atoms with van der Waals surface area (Å²) in [6.45, 7) is 1.92. The Balaban J connectivity index is 2.00. The molecular weight excluding hydrogens is 246 g/mol. The van der Waals surface area contributed by atoms with Gasteiger partial charge in [0.2, 0.25) is 5.88 Å². The third-order valence-electron chi connectivity index (χ3n) is 2.70. The molecule has 0 saturated heterocycles. The molecule has 1 atom stereocenters. The van der Waals surface area contributed by atoms with Crippen LogP contribution >= 0.6 is 0 Å². The van der Waals surface area contributed by atoms with E-state index in [2.05, 4.69) is 10.4 Å².